The minimum absolute atomic E-state index is 0.101. The van der Waals surface area contributed by atoms with Crippen LogP contribution in [0.5, 0.6) is 0 Å². The van der Waals surface area contributed by atoms with Crippen molar-refractivity contribution in [2.75, 3.05) is 51.7 Å². The molecule has 1 unspecified atom stereocenters. The molecule has 2 bridgehead atoms. The van der Waals surface area contributed by atoms with E-state index in [0.29, 0.717) is 12.6 Å². The van der Waals surface area contributed by atoms with Crippen molar-refractivity contribution >= 4 is 11.4 Å². The zero-order valence-corrected chi connectivity index (χ0v) is 12.8. The zero-order valence-electron chi connectivity index (χ0n) is 12.8. The maximum Gasteiger partial charge on any atom is 0.269 e. The van der Waals surface area contributed by atoms with Crippen LogP contribution in [0.25, 0.3) is 0 Å². The van der Waals surface area contributed by atoms with E-state index in [-0.39, 0.29) is 10.6 Å². The highest BCUT2D eigenvalue weighted by molar-refractivity contribution is 5.56. The number of fused-ring (bicyclic) bond motifs is 3. The quantitative estimate of drug-likeness (QED) is 0.628. The van der Waals surface area contributed by atoms with Crippen molar-refractivity contribution in [1.29, 1.82) is 0 Å². The summed E-state index contributed by atoms with van der Waals surface area (Å²) in [7, 11) is 1.60. The molecule has 0 radical (unpaired) electrons. The predicted octanol–water partition coefficient (Wildman–Crippen LogP) is 1.15. The van der Waals surface area contributed by atoms with Gasteiger partial charge < -0.3 is 10.1 Å². The van der Waals surface area contributed by atoms with Crippen LogP contribution in [0.15, 0.2) is 18.2 Å². The van der Waals surface area contributed by atoms with Crippen molar-refractivity contribution < 1.29 is 9.66 Å². The number of piperazine rings is 3. The van der Waals surface area contributed by atoms with Crippen LogP contribution in [-0.4, -0.2) is 67.1 Å². The highest BCUT2D eigenvalue weighted by Crippen LogP contribution is 2.24. The standard InChI is InChI=1S/C15H22N4O3/c1-22-11-12-8-13(19(20)21)2-3-15(12)16-9-14-10-17-4-6-18(14)7-5-17/h2-3,8,14,16H,4-7,9-11H2,1H3. The second-order valence-electron chi connectivity index (χ2n) is 5.90. The molecule has 3 heterocycles. The highest BCUT2D eigenvalue weighted by atomic mass is 16.6. The van der Waals surface area contributed by atoms with E-state index in [9.17, 15) is 10.1 Å². The molecule has 3 aliphatic heterocycles. The molecule has 3 fully saturated rings. The Kier molecular flexibility index (Phi) is 4.56. The van der Waals surface area contributed by atoms with E-state index in [1.54, 1.807) is 19.2 Å². The summed E-state index contributed by atoms with van der Waals surface area (Å²) in [5.74, 6) is 0. The average molecular weight is 306 g/mol. The van der Waals surface area contributed by atoms with Gasteiger partial charge in [0, 0.05) is 75.8 Å². The SMILES string of the molecule is COCc1cc([N+](=O)[O-])ccc1NCC1CN2CCN1CC2. The van der Waals surface area contributed by atoms with Crippen molar-refractivity contribution in [2.45, 2.75) is 12.6 Å². The van der Waals surface area contributed by atoms with Gasteiger partial charge in [0.1, 0.15) is 0 Å². The van der Waals surface area contributed by atoms with Gasteiger partial charge in [-0.25, -0.2) is 0 Å². The first-order valence-electron chi connectivity index (χ1n) is 7.64. The van der Waals surface area contributed by atoms with Crippen molar-refractivity contribution in [1.82, 2.24) is 9.80 Å². The first-order valence-corrected chi connectivity index (χ1v) is 7.64. The number of rotatable bonds is 6. The lowest BCUT2D eigenvalue weighted by molar-refractivity contribution is -0.384. The van der Waals surface area contributed by atoms with Crippen molar-refractivity contribution in [3.05, 3.63) is 33.9 Å². The fraction of sp³-hybridized carbons (Fsp3) is 0.600. The van der Waals surface area contributed by atoms with E-state index in [2.05, 4.69) is 15.1 Å². The molecular formula is C15H22N4O3. The predicted molar refractivity (Wildman–Crippen MR) is 84.1 cm³/mol. The first kappa shape index (κ1) is 15.2. The number of ether oxygens (including phenoxy) is 1. The molecule has 1 atom stereocenters. The smallest absolute Gasteiger partial charge is 0.269 e. The molecule has 0 saturated carbocycles. The topological polar surface area (TPSA) is 70.9 Å². The van der Waals surface area contributed by atoms with E-state index >= 15 is 0 Å². The van der Waals surface area contributed by atoms with Crippen LogP contribution in [0.3, 0.4) is 0 Å². The van der Waals surface area contributed by atoms with Gasteiger partial charge in [-0.15, -0.1) is 0 Å². The maximum absolute atomic E-state index is 10.9. The Balaban J connectivity index is 1.67. The average Bonchev–Trinajstić information content (AvgIpc) is 2.55. The Labute approximate surface area is 130 Å². The van der Waals surface area contributed by atoms with Crippen LogP contribution in [0.1, 0.15) is 5.56 Å². The number of hydrogen-bond donors (Lipinski definition) is 1. The summed E-state index contributed by atoms with van der Waals surface area (Å²) in [6.07, 6.45) is 0. The Morgan fingerprint density at radius 3 is 2.73 bits per heavy atom. The molecule has 120 valence electrons. The molecule has 3 saturated heterocycles. The van der Waals surface area contributed by atoms with Crippen molar-refractivity contribution in [3.63, 3.8) is 0 Å². The zero-order chi connectivity index (χ0) is 15.5. The van der Waals surface area contributed by atoms with Crippen LogP contribution < -0.4 is 5.32 Å². The van der Waals surface area contributed by atoms with Gasteiger partial charge in [-0.05, 0) is 6.07 Å². The summed E-state index contributed by atoms with van der Waals surface area (Å²) >= 11 is 0. The van der Waals surface area contributed by atoms with E-state index in [1.165, 1.54) is 19.2 Å². The van der Waals surface area contributed by atoms with E-state index in [0.717, 1.165) is 37.4 Å². The highest BCUT2D eigenvalue weighted by Gasteiger charge is 2.31. The number of nitro groups is 1. The van der Waals surface area contributed by atoms with Gasteiger partial charge in [-0.3, -0.25) is 19.9 Å². The molecular weight excluding hydrogens is 284 g/mol. The van der Waals surface area contributed by atoms with Gasteiger partial charge in [0.05, 0.1) is 11.5 Å². The summed E-state index contributed by atoms with van der Waals surface area (Å²) in [5.41, 5.74) is 1.85. The van der Waals surface area contributed by atoms with E-state index in [4.69, 9.17) is 4.74 Å². The first-order chi connectivity index (χ1) is 10.7. The third kappa shape index (κ3) is 3.21. The lowest BCUT2D eigenvalue weighted by Gasteiger charge is -2.47. The normalized spacial score (nSPS) is 26.9. The third-order valence-electron chi connectivity index (χ3n) is 4.52. The summed E-state index contributed by atoms with van der Waals surface area (Å²) < 4.78 is 5.16. The number of benzene rings is 1. The number of nitro benzene ring substituents is 1. The van der Waals surface area contributed by atoms with Crippen LogP contribution >= 0.6 is 0 Å². The van der Waals surface area contributed by atoms with Crippen LogP contribution in [0.2, 0.25) is 0 Å². The summed E-state index contributed by atoms with van der Waals surface area (Å²) in [4.78, 5) is 15.5. The van der Waals surface area contributed by atoms with Gasteiger partial charge >= 0.3 is 0 Å². The van der Waals surface area contributed by atoms with Crippen LogP contribution in [-0.2, 0) is 11.3 Å². The fourth-order valence-electron chi connectivity index (χ4n) is 3.29. The third-order valence-corrected chi connectivity index (χ3v) is 4.52. The second-order valence-corrected chi connectivity index (χ2v) is 5.90. The lowest BCUT2D eigenvalue weighted by Crippen LogP contribution is -2.62. The number of hydrogen-bond acceptors (Lipinski definition) is 6. The molecule has 0 spiro atoms. The molecule has 7 heteroatoms. The largest absolute Gasteiger partial charge is 0.383 e. The Morgan fingerprint density at radius 1 is 1.36 bits per heavy atom. The van der Waals surface area contributed by atoms with Crippen LogP contribution in [0.4, 0.5) is 11.4 Å². The maximum atomic E-state index is 10.9. The summed E-state index contributed by atoms with van der Waals surface area (Å²) in [5, 5.41) is 14.3. The second kappa shape index (κ2) is 6.60. The molecule has 4 rings (SSSR count). The number of nitrogens with one attached hydrogen (secondary N) is 1. The van der Waals surface area contributed by atoms with Crippen molar-refractivity contribution in [2.24, 2.45) is 0 Å². The van der Waals surface area contributed by atoms with Gasteiger partial charge in [-0.1, -0.05) is 0 Å². The van der Waals surface area contributed by atoms with E-state index < -0.39 is 0 Å². The molecule has 1 N–H and O–H groups in total. The molecule has 22 heavy (non-hydrogen) atoms. The van der Waals surface area contributed by atoms with Crippen LogP contribution in [0, 0.1) is 10.1 Å². The number of non-ortho nitro benzene ring substituents is 1. The molecule has 1 aromatic rings. The number of nitrogens with zero attached hydrogens (tertiary/aromatic N) is 3. The minimum atomic E-state index is -0.373. The number of anilines is 1. The Bertz CT molecular complexity index is 544. The lowest BCUT2D eigenvalue weighted by atomic mass is 10.1. The van der Waals surface area contributed by atoms with Crippen molar-refractivity contribution in [3.8, 4) is 0 Å². The van der Waals surface area contributed by atoms with Gasteiger partial charge in [0.15, 0.2) is 0 Å². The van der Waals surface area contributed by atoms with Gasteiger partial charge in [0.2, 0.25) is 0 Å². The fourth-order valence-corrected chi connectivity index (χ4v) is 3.29. The summed E-state index contributed by atoms with van der Waals surface area (Å²) in [6.45, 7) is 6.93. The number of methoxy groups -OCH3 is 1. The summed E-state index contributed by atoms with van der Waals surface area (Å²) in [6, 6.07) is 5.41. The van der Waals surface area contributed by atoms with Gasteiger partial charge in [0.25, 0.3) is 5.69 Å². The molecule has 0 aliphatic carbocycles. The Hall–Kier alpha value is -1.70. The molecule has 1 aromatic carbocycles. The monoisotopic (exact) mass is 306 g/mol. The molecule has 0 amide bonds. The Morgan fingerprint density at radius 2 is 2.14 bits per heavy atom. The molecule has 3 aliphatic rings. The van der Waals surface area contributed by atoms with Gasteiger partial charge in [-0.2, -0.15) is 0 Å². The van der Waals surface area contributed by atoms with E-state index in [1.807, 2.05) is 0 Å². The molecule has 0 aromatic heterocycles. The molecule has 7 nitrogen and oxygen atoms in total. The minimum Gasteiger partial charge on any atom is -0.383 e.